The number of hydrogen-bond acceptors (Lipinski definition) is 0. The molecule has 0 heterocycles. The van der Waals surface area contributed by atoms with Crippen molar-refractivity contribution in [2.45, 2.75) is 104 Å². The maximum Gasteiger partial charge on any atom is 0.0922 e. The van der Waals surface area contributed by atoms with Crippen LogP contribution in [-0.2, 0) is 6.42 Å². The summed E-state index contributed by atoms with van der Waals surface area (Å²) in [6.45, 7) is 16.3. The van der Waals surface area contributed by atoms with E-state index in [1.165, 1.54) is 87.3 Å². The lowest BCUT2D eigenvalue weighted by molar-refractivity contribution is -0.956. The first kappa shape index (κ1) is 24.3. The molecule has 1 aliphatic rings. The number of hydrogen-bond donors (Lipinski definition) is 0. The van der Waals surface area contributed by atoms with E-state index in [0.717, 1.165) is 12.0 Å². The molecular weight excluding hydrogens is 374 g/mol. The van der Waals surface area contributed by atoms with E-state index in [1.54, 1.807) is 16.5 Å². The molecule has 1 nitrogen and oxygen atoms in total. The monoisotopic (exact) mass is 422 g/mol. The van der Waals surface area contributed by atoms with E-state index < -0.39 is 0 Å². The molecule has 3 unspecified atom stereocenters. The molecule has 0 radical (unpaired) electrons. The van der Waals surface area contributed by atoms with E-state index in [0.29, 0.717) is 5.92 Å². The van der Waals surface area contributed by atoms with Gasteiger partial charge in [0.2, 0.25) is 0 Å². The minimum Gasteiger partial charge on any atom is -0.321 e. The van der Waals surface area contributed by atoms with Gasteiger partial charge >= 0.3 is 0 Å². The Morgan fingerprint density at radius 3 is 1.94 bits per heavy atom. The predicted molar refractivity (Wildman–Crippen MR) is 138 cm³/mol. The first-order valence-electron chi connectivity index (χ1n) is 13.5. The Morgan fingerprint density at radius 2 is 1.39 bits per heavy atom. The van der Waals surface area contributed by atoms with Crippen LogP contribution in [0, 0.1) is 5.92 Å². The number of quaternary nitrogens is 1. The first-order chi connectivity index (χ1) is 15.1. The molecule has 3 atom stereocenters. The Hall–Kier alpha value is -1.34. The summed E-state index contributed by atoms with van der Waals surface area (Å²) in [5.41, 5.74) is 3.23. The molecule has 0 N–H and O–H groups in total. The van der Waals surface area contributed by atoms with Gasteiger partial charge in [0.1, 0.15) is 0 Å². The van der Waals surface area contributed by atoms with Gasteiger partial charge < -0.3 is 4.48 Å². The number of rotatable bonds is 14. The molecule has 31 heavy (non-hydrogen) atoms. The fourth-order valence-corrected chi connectivity index (χ4v) is 6.60. The van der Waals surface area contributed by atoms with Gasteiger partial charge in [-0.25, -0.2) is 0 Å². The molecule has 0 saturated carbocycles. The minimum atomic E-state index is 0.681. The Kier molecular flexibility index (Phi) is 9.02. The Morgan fingerprint density at radius 1 is 0.806 bits per heavy atom. The third kappa shape index (κ3) is 5.19. The average molecular weight is 423 g/mol. The second kappa shape index (κ2) is 11.5. The quantitative estimate of drug-likeness (QED) is 0.268. The molecule has 0 saturated heterocycles. The molecule has 0 bridgehead atoms. The summed E-state index contributed by atoms with van der Waals surface area (Å²) in [6, 6.07) is 14.8. The molecule has 1 aliphatic carbocycles. The lowest BCUT2D eigenvalue weighted by Gasteiger charge is -2.49. The SMILES string of the molecule is CCCC[N+](CCCC)(CCCC)C(CCC)C(C)C1Cc2cccc3cccc1c23. The van der Waals surface area contributed by atoms with Gasteiger partial charge in [0.25, 0.3) is 0 Å². The molecule has 2 aromatic rings. The zero-order valence-electron chi connectivity index (χ0n) is 21.1. The number of nitrogens with zero attached hydrogens (tertiary/aromatic N) is 1. The summed E-state index contributed by atoms with van der Waals surface area (Å²) in [7, 11) is 0. The van der Waals surface area contributed by atoms with Crippen LogP contribution in [0.2, 0.25) is 0 Å². The van der Waals surface area contributed by atoms with E-state index in [4.69, 9.17) is 0 Å². The molecule has 0 fully saturated rings. The highest BCUT2D eigenvalue weighted by Crippen LogP contribution is 2.45. The highest BCUT2D eigenvalue weighted by Gasteiger charge is 2.43. The molecule has 1 heteroatoms. The van der Waals surface area contributed by atoms with Crippen molar-refractivity contribution in [3.63, 3.8) is 0 Å². The summed E-state index contributed by atoms with van der Waals surface area (Å²) < 4.78 is 1.38. The van der Waals surface area contributed by atoms with Crippen molar-refractivity contribution in [1.29, 1.82) is 0 Å². The topological polar surface area (TPSA) is 0 Å². The van der Waals surface area contributed by atoms with Gasteiger partial charge in [-0.2, -0.15) is 0 Å². The standard InChI is InChI=1S/C30H48N/c1-6-10-20-31(21-11-7-2,22-12-8-3)29(15-9-4)24(5)28-23-26-18-13-16-25-17-14-19-27(28)30(25)26/h13-14,16-19,24,28-29H,6-12,15,20-23H2,1-5H3/q+1. The molecule has 3 rings (SSSR count). The Balaban J connectivity index is 1.98. The lowest BCUT2D eigenvalue weighted by atomic mass is 9.79. The van der Waals surface area contributed by atoms with Crippen LogP contribution >= 0.6 is 0 Å². The van der Waals surface area contributed by atoms with Gasteiger partial charge in [-0.1, -0.05) is 96.7 Å². The van der Waals surface area contributed by atoms with Crippen LogP contribution in [-0.4, -0.2) is 30.2 Å². The lowest BCUT2D eigenvalue weighted by Crippen LogP contribution is -2.60. The van der Waals surface area contributed by atoms with Crippen LogP contribution < -0.4 is 0 Å². The number of benzene rings is 2. The van der Waals surface area contributed by atoms with Crippen molar-refractivity contribution < 1.29 is 4.48 Å². The predicted octanol–water partition coefficient (Wildman–Crippen LogP) is 8.50. The largest absolute Gasteiger partial charge is 0.321 e. The van der Waals surface area contributed by atoms with Crippen molar-refractivity contribution in [1.82, 2.24) is 0 Å². The minimum absolute atomic E-state index is 0.681. The van der Waals surface area contributed by atoms with Gasteiger partial charge in [-0.05, 0) is 59.9 Å². The van der Waals surface area contributed by atoms with E-state index in [9.17, 15) is 0 Å². The smallest absolute Gasteiger partial charge is 0.0922 e. The normalized spacial score (nSPS) is 17.9. The maximum atomic E-state index is 2.62. The van der Waals surface area contributed by atoms with Crippen LogP contribution in [0.1, 0.15) is 103 Å². The van der Waals surface area contributed by atoms with Crippen LogP contribution in [0.25, 0.3) is 10.8 Å². The van der Waals surface area contributed by atoms with Crippen LogP contribution in [0.15, 0.2) is 36.4 Å². The molecule has 0 spiro atoms. The fourth-order valence-electron chi connectivity index (χ4n) is 6.60. The van der Waals surface area contributed by atoms with Crippen molar-refractivity contribution >= 4 is 10.8 Å². The Labute approximate surface area is 192 Å². The van der Waals surface area contributed by atoms with Gasteiger partial charge in [0.15, 0.2) is 0 Å². The van der Waals surface area contributed by atoms with E-state index in [-0.39, 0.29) is 0 Å². The summed E-state index contributed by atoms with van der Waals surface area (Å²) >= 11 is 0. The summed E-state index contributed by atoms with van der Waals surface area (Å²) in [4.78, 5) is 0. The van der Waals surface area contributed by atoms with Crippen LogP contribution in [0.5, 0.6) is 0 Å². The average Bonchev–Trinajstić information content (AvgIpc) is 3.18. The van der Waals surface area contributed by atoms with Crippen LogP contribution in [0.3, 0.4) is 0 Å². The molecule has 0 amide bonds. The molecule has 2 aromatic carbocycles. The van der Waals surface area contributed by atoms with Gasteiger partial charge in [-0.3, -0.25) is 0 Å². The van der Waals surface area contributed by atoms with Crippen molar-refractivity contribution in [2.24, 2.45) is 5.92 Å². The van der Waals surface area contributed by atoms with Gasteiger partial charge in [-0.15, -0.1) is 0 Å². The van der Waals surface area contributed by atoms with Crippen LogP contribution in [0.4, 0.5) is 0 Å². The zero-order valence-corrected chi connectivity index (χ0v) is 21.1. The number of unbranched alkanes of at least 4 members (excludes halogenated alkanes) is 3. The van der Waals surface area contributed by atoms with E-state index in [1.807, 2.05) is 0 Å². The second-order valence-corrected chi connectivity index (χ2v) is 10.3. The van der Waals surface area contributed by atoms with Crippen molar-refractivity contribution in [2.75, 3.05) is 19.6 Å². The molecule has 172 valence electrons. The van der Waals surface area contributed by atoms with Gasteiger partial charge in [0.05, 0.1) is 25.7 Å². The zero-order chi connectivity index (χ0) is 22.3. The summed E-state index contributed by atoms with van der Waals surface area (Å²) in [6.07, 6.45) is 12.0. The maximum absolute atomic E-state index is 2.62. The highest BCUT2D eigenvalue weighted by atomic mass is 15.4. The third-order valence-corrected chi connectivity index (χ3v) is 8.26. The molecule has 0 aliphatic heterocycles. The molecular formula is C30H48N+. The van der Waals surface area contributed by atoms with Crippen molar-refractivity contribution in [3.8, 4) is 0 Å². The summed E-state index contributed by atoms with van der Waals surface area (Å²) in [5, 5.41) is 3.02. The fraction of sp³-hybridized carbons (Fsp3) is 0.667. The van der Waals surface area contributed by atoms with E-state index >= 15 is 0 Å². The van der Waals surface area contributed by atoms with E-state index in [2.05, 4.69) is 71.0 Å². The first-order valence-corrected chi connectivity index (χ1v) is 13.5. The second-order valence-electron chi connectivity index (χ2n) is 10.3. The third-order valence-electron chi connectivity index (χ3n) is 8.26. The van der Waals surface area contributed by atoms with Crippen molar-refractivity contribution in [3.05, 3.63) is 47.5 Å². The highest BCUT2D eigenvalue weighted by molar-refractivity contribution is 5.91. The summed E-state index contributed by atoms with van der Waals surface area (Å²) in [5.74, 6) is 1.41. The Bertz CT molecular complexity index is 780. The molecule has 0 aromatic heterocycles. The van der Waals surface area contributed by atoms with Gasteiger partial charge in [0, 0.05) is 5.92 Å².